The van der Waals surface area contributed by atoms with Crippen molar-refractivity contribution in [3.8, 4) is 16.9 Å². The van der Waals surface area contributed by atoms with Gasteiger partial charge in [-0.1, -0.05) is 18.2 Å². The van der Waals surface area contributed by atoms with Crippen LogP contribution in [0.5, 0.6) is 5.75 Å². The van der Waals surface area contributed by atoms with Gasteiger partial charge in [0.2, 0.25) is 10.0 Å². The average molecular weight is 438 g/mol. The van der Waals surface area contributed by atoms with Crippen LogP contribution in [0.2, 0.25) is 0 Å². The summed E-state index contributed by atoms with van der Waals surface area (Å²) < 4.78 is 31.4. The number of H-pyrrole nitrogens is 2. The smallest absolute Gasteiger partial charge is 0.211 e. The van der Waals surface area contributed by atoms with Gasteiger partial charge < -0.3 is 9.72 Å². The Morgan fingerprint density at radius 1 is 1.06 bits per heavy atom. The fourth-order valence-electron chi connectivity index (χ4n) is 4.30. The lowest BCUT2D eigenvalue weighted by Crippen LogP contribution is -2.27. The third-order valence-electron chi connectivity index (χ3n) is 5.98. The molecule has 2 aromatic carbocycles. The van der Waals surface area contributed by atoms with Crippen LogP contribution in [0.3, 0.4) is 0 Å². The third-order valence-corrected chi connectivity index (χ3v) is 7.22. The summed E-state index contributed by atoms with van der Waals surface area (Å²) in [5.74, 6) is 1.49. The van der Waals surface area contributed by atoms with Gasteiger partial charge in [-0.25, -0.2) is 17.7 Å². The molecule has 160 valence electrons. The van der Waals surface area contributed by atoms with Crippen LogP contribution in [-0.2, 0) is 10.0 Å². The SMILES string of the molecule is COc1ccc([C@H]2CN(S(C)(=O)=O)CC2c2nc3ccc(-c4cn[nH]c4)cc3[nH]2)cc1. The summed E-state index contributed by atoms with van der Waals surface area (Å²) in [5, 5.41) is 6.84. The van der Waals surface area contributed by atoms with Crippen LogP contribution in [-0.4, -0.2) is 59.3 Å². The molecule has 0 saturated carbocycles. The number of aromatic amines is 2. The van der Waals surface area contributed by atoms with Crippen LogP contribution >= 0.6 is 0 Å². The third kappa shape index (κ3) is 3.70. The number of sulfonamides is 1. The maximum absolute atomic E-state index is 12.3. The molecule has 8 nitrogen and oxygen atoms in total. The second kappa shape index (κ2) is 7.51. The molecule has 0 amide bonds. The molecule has 2 N–H and O–H groups in total. The normalized spacial score (nSPS) is 19.8. The van der Waals surface area contributed by atoms with Gasteiger partial charge in [0.1, 0.15) is 11.6 Å². The van der Waals surface area contributed by atoms with E-state index in [1.165, 1.54) is 10.6 Å². The van der Waals surface area contributed by atoms with Crippen LogP contribution in [0.15, 0.2) is 54.9 Å². The molecule has 1 fully saturated rings. The van der Waals surface area contributed by atoms with E-state index in [0.29, 0.717) is 13.1 Å². The quantitative estimate of drug-likeness (QED) is 0.499. The van der Waals surface area contributed by atoms with Crippen LogP contribution in [0.25, 0.3) is 22.2 Å². The van der Waals surface area contributed by atoms with Crippen molar-refractivity contribution in [3.63, 3.8) is 0 Å². The van der Waals surface area contributed by atoms with E-state index >= 15 is 0 Å². The standard InChI is InChI=1S/C22H23N5O3S/c1-30-17-6-3-14(4-7-17)18-12-27(31(2,28)29)13-19(18)22-25-20-8-5-15(9-21(20)26-22)16-10-23-24-11-16/h3-11,18-19H,12-13H2,1-2H3,(H,23,24)(H,25,26)/t18-,19?/m1/s1. The van der Waals surface area contributed by atoms with Crippen molar-refractivity contribution >= 4 is 21.1 Å². The number of imidazole rings is 1. The summed E-state index contributed by atoms with van der Waals surface area (Å²) in [7, 11) is -1.68. The highest BCUT2D eigenvalue weighted by Gasteiger charge is 2.40. The molecule has 0 bridgehead atoms. The topological polar surface area (TPSA) is 104 Å². The Hall–Kier alpha value is -3.17. The van der Waals surface area contributed by atoms with Crippen molar-refractivity contribution in [3.05, 3.63) is 66.2 Å². The molecular weight excluding hydrogens is 414 g/mol. The molecule has 0 aliphatic carbocycles. The first-order chi connectivity index (χ1) is 14.9. The minimum Gasteiger partial charge on any atom is -0.497 e. The highest BCUT2D eigenvalue weighted by Crippen LogP contribution is 2.40. The van der Waals surface area contributed by atoms with Gasteiger partial charge in [-0.05, 0) is 35.4 Å². The van der Waals surface area contributed by atoms with Crippen molar-refractivity contribution in [1.82, 2.24) is 24.5 Å². The molecule has 1 unspecified atom stereocenters. The molecule has 4 aromatic rings. The molecule has 0 spiro atoms. The number of methoxy groups -OCH3 is 1. The van der Waals surface area contributed by atoms with Gasteiger partial charge in [0.05, 0.1) is 30.6 Å². The number of aromatic nitrogens is 4. The number of fused-ring (bicyclic) bond motifs is 1. The molecule has 1 saturated heterocycles. The Morgan fingerprint density at radius 3 is 2.52 bits per heavy atom. The van der Waals surface area contributed by atoms with Gasteiger partial charge in [-0.2, -0.15) is 5.10 Å². The second-order valence-corrected chi connectivity index (χ2v) is 9.89. The maximum Gasteiger partial charge on any atom is 0.211 e. The van der Waals surface area contributed by atoms with E-state index in [9.17, 15) is 8.42 Å². The van der Waals surface area contributed by atoms with E-state index in [4.69, 9.17) is 9.72 Å². The fourth-order valence-corrected chi connectivity index (χ4v) is 5.16. The van der Waals surface area contributed by atoms with Crippen LogP contribution in [0.4, 0.5) is 0 Å². The Bertz CT molecular complexity index is 1310. The zero-order valence-corrected chi connectivity index (χ0v) is 18.1. The Balaban J connectivity index is 1.54. The number of hydrogen-bond donors (Lipinski definition) is 2. The van der Waals surface area contributed by atoms with Crippen molar-refractivity contribution in [1.29, 1.82) is 0 Å². The maximum atomic E-state index is 12.3. The highest BCUT2D eigenvalue weighted by molar-refractivity contribution is 7.88. The summed E-state index contributed by atoms with van der Waals surface area (Å²) in [5.41, 5.74) is 4.87. The van der Waals surface area contributed by atoms with Crippen molar-refractivity contribution in [2.75, 3.05) is 26.5 Å². The summed E-state index contributed by atoms with van der Waals surface area (Å²) in [6, 6.07) is 13.8. The van der Waals surface area contributed by atoms with E-state index in [1.54, 1.807) is 13.3 Å². The first-order valence-electron chi connectivity index (χ1n) is 10.0. The lowest BCUT2D eigenvalue weighted by molar-refractivity contribution is 0.414. The Labute approximate surface area is 180 Å². The number of hydrogen-bond acceptors (Lipinski definition) is 5. The van der Waals surface area contributed by atoms with E-state index in [1.807, 2.05) is 48.7 Å². The predicted molar refractivity (Wildman–Crippen MR) is 119 cm³/mol. The zero-order valence-electron chi connectivity index (χ0n) is 17.2. The van der Waals surface area contributed by atoms with Crippen molar-refractivity contribution in [2.24, 2.45) is 0 Å². The van der Waals surface area contributed by atoms with Crippen molar-refractivity contribution < 1.29 is 13.2 Å². The van der Waals surface area contributed by atoms with E-state index in [2.05, 4.69) is 15.2 Å². The molecule has 1 aliphatic heterocycles. The summed E-state index contributed by atoms with van der Waals surface area (Å²) >= 11 is 0. The number of benzene rings is 2. The fraction of sp³-hybridized carbons (Fsp3) is 0.273. The van der Waals surface area contributed by atoms with Crippen LogP contribution in [0.1, 0.15) is 23.2 Å². The highest BCUT2D eigenvalue weighted by atomic mass is 32.2. The van der Waals surface area contributed by atoms with Gasteiger partial charge >= 0.3 is 0 Å². The van der Waals surface area contributed by atoms with Gasteiger partial charge in [0, 0.05) is 36.7 Å². The summed E-state index contributed by atoms with van der Waals surface area (Å²) in [6.07, 6.45) is 4.88. The molecule has 1 aliphatic rings. The van der Waals surface area contributed by atoms with Gasteiger partial charge in [-0.15, -0.1) is 0 Å². The molecular formula is C22H23N5O3S. The van der Waals surface area contributed by atoms with Crippen LogP contribution < -0.4 is 4.74 Å². The number of nitrogens with zero attached hydrogens (tertiary/aromatic N) is 3. The number of rotatable bonds is 5. The predicted octanol–water partition coefficient (Wildman–Crippen LogP) is 3.10. The minimum absolute atomic E-state index is 0.00506. The van der Waals surface area contributed by atoms with E-state index in [-0.39, 0.29) is 11.8 Å². The van der Waals surface area contributed by atoms with Gasteiger partial charge in [0.25, 0.3) is 0 Å². The second-order valence-electron chi connectivity index (χ2n) is 7.91. The largest absolute Gasteiger partial charge is 0.497 e. The molecule has 2 atom stereocenters. The Kier molecular flexibility index (Phi) is 4.79. The molecule has 5 rings (SSSR count). The zero-order chi connectivity index (χ0) is 21.6. The van der Waals surface area contributed by atoms with Crippen LogP contribution in [0, 0.1) is 0 Å². The first kappa shape index (κ1) is 19.8. The lowest BCUT2D eigenvalue weighted by Gasteiger charge is -2.17. The summed E-state index contributed by atoms with van der Waals surface area (Å²) in [4.78, 5) is 8.26. The molecule has 2 aromatic heterocycles. The van der Waals surface area contributed by atoms with E-state index in [0.717, 1.165) is 39.3 Å². The van der Waals surface area contributed by atoms with Gasteiger partial charge in [-0.3, -0.25) is 5.10 Å². The van der Waals surface area contributed by atoms with Gasteiger partial charge in [0.15, 0.2) is 0 Å². The summed E-state index contributed by atoms with van der Waals surface area (Å²) in [6.45, 7) is 0.817. The first-order valence-corrected chi connectivity index (χ1v) is 11.8. The minimum atomic E-state index is -3.31. The molecule has 3 heterocycles. The van der Waals surface area contributed by atoms with E-state index < -0.39 is 10.0 Å². The molecule has 31 heavy (non-hydrogen) atoms. The molecule has 0 radical (unpaired) electrons. The monoisotopic (exact) mass is 437 g/mol. The molecule has 9 heteroatoms. The number of nitrogens with one attached hydrogen (secondary N) is 2. The average Bonchev–Trinajstić information content (AvgIpc) is 3.51. The van der Waals surface area contributed by atoms with Crippen molar-refractivity contribution in [2.45, 2.75) is 11.8 Å². The number of ether oxygens (including phenoxy) is 1. The Morgan fingerprint density at radius 2 is 1.84 bits per heavy atom. The lowest BCUT2D eigenvalue weighted by atomic mass is 9.88.